The summed E-state index contributed by atoms with van der Waals surface area (Å²) >= 11 is 3.40. The van der Waals surface area contributed by atoms with E-state index in [1.54, 1.807) is 0 Å². The van der Waals surface area contributed by atoms with Gasteiger partial charge in [0.2, 0.25) is 0 Å². The Morgan fingerprint density at radius 3 is 2.33 bits per heavy atom. The highest BCUT2D eigenvalue weighted by molar-refractivity contribution is 9.10. The molecule has 0 unspecified atom stereocenters. The number of ether oxygens (including phenoxy) is 1. The zero-order valence-electron chi connectivity index (χ0n) is 12.8. The van der Waals surface area contributed by atoms with Crippen LogP contribution in [0.25, 0.3) is 0 Å². The molecule has 2 N–H and O–H groups in total. The molecule has 0 aliphatic rings. The maximum absolute atomic E-state index is 5.97. The van der Waals surface area contributed by atoms with Crippen LogP contribution < -0.4 is 10.5 Å². The fourth-order valence-corrected chi connectivity index (χ4v) is 2.44. The fraction of sp³-hybridized carbons (Fsp3) is 0.333. The third-order valence-electron chi connectivity index (χ3n) is 4.02. The quantitative estimate of drug-likeness (QED) is 0.745. The van der Waals surface area contributed by atoms with Gasteiger partial charge in [-0.2, -0.15) is 0 Å². The molecule has 2 rings (SSSR count). The van der Waals surface area contributed by atoms with Gasteiger partial charge in [0.15, 0.2) is 0 Å². The van der Waals surface area contributed by atoms with Crippen molar-refractivity contribution in [1.82, 2.24) is 0 Å². The van der Waals surface area contributed by atoms with Crippen LogP contribution in [-0.2, 0) is 12.0 Å². The van der Waals surface area contributed by atoms with Crippen molar-refractivity contribution in [2.45, 2.75) is 39.2 Å². The number of nitrogen functional groups attached to an aromatic ring is 1. The molecule has 2 aromatic carbocycles. The van der Waals surface area contributed by atoms with Crippen LogP contribution in [-0.4, -0.2) is 0 Å². The van der Waals surface area contributed by atoms with Crippen LogP contribution in [0.1, 0.15) is 38.3 Å². The van der Waals surface area contributed by atoms with Crippen molar-refractivity contribution in [3.05, 3.63) is 58.1 Å². The predicted molar refractivity (Wildman–Crippen MR) is 92.6 cm³/mol. The topological polar surface area (TPSA) is 35.2 Å². The second kappa shape index (κ2) is 6.52. The van der Waals surface area contributed by atoms with Gasteiger partial charge in [0.1, 0.15) is 12.4 Å². The van der Waals surface area contributed by atoms with Gasteiger partial charge in [0, 0.05) is 15.7 Å². The molecule has 112 valence electrons. The average Bonchev–Trinajstić information content (AvgIpc) is 2.47. The van der Waals surface area contributed by atoms with Gasteiger partial charge in [-0.15, -0.1) is 0 Å². The molecular formula is C18H22BrNO. The molecule has 0 aliphatic heterocycles. The summed E-state index contributed by atoms with van der Waals surface area (Å²) in [6.45, 7) is 7.20. The number of hydrogen-bond donors (Lipinski definition) is 1. The van der Waals surface area contributed by atoms with E-state index < -0.39 is 0 Å². The average molecular weight is 348 g/mol. The molecule has 0 amide bonds. The van der Waals surface area contributed by atoms with Crippen LogP contribution in [0.3, 0.4) is 0 Å². The second-order valence-corrected chi connectivity index (χ2v) is 6.81. The smallest absolute Gasteiger partial charge is 0.119 e. The lowest BCUT2D eigenvalue weighted by Gasteiger charge is -2.23. The highest BCUT2D eigenvalue weighted by atomic mass is 79.9. The molecule has 2 nitrogen and oxygen atoms in total. The summed E-state index contributed by atoms with van der Waals surface area (Å²) in [5.74, 6) is 0.868. The summed E-state index contributed by atoms with van der Waals surface area (Å²) in [7, 11) is 0. The Balaban J connectivity index is 2.04. The van der Waals surface area contributed by atoms with E-state index in [0.29, 0.717) is 6.61 Å². The Morgan fingerprint density at radius 1 is 1.10 bits per heavy atom. The summed E-state index contributed by atoms with van der Waals surface area (Å²) in [5, 5.41) is 0. The molecule has 0 spiro atoms. The van der Waals surface area contributed by atoms with Gasteiger partial charge in [0.05, 0.1) is 0 Å². The van der Waals surface area contributed by atoms with Crippen molar-refractivity contribution in [3.8, 4) is 5.75 Å². The summed E-state index contributed by atoms with van der Waals surface area (Å²) < 4.78 is 6.80. The molecule has 21 heavy (non-hydrogen) atoms. The highest BCUT2D eigenvalue weighted by Crippen LogP contribution is 2.28. The van der Waals surface area contributed by atoms with E-state index in [1.165, 1.54) is 5.56 Å². The number of halogens is 1. The first-order valence-corrected chi connectivity index (χ1v) is 7.99. The van der Waals surface area contributed by atoms with Gasteiger partial charge in [0.25, 0.3) is 0 Å². The van der Waals surface area contributed by atoms with Crippen LogP contribution >= 0.6 is 15.9 Å². The monoisotopic (exact) mass is 347 g/mol. The number of hydrogen-bond acceptors (Lipinski definition) is 2. The summed E-state index contributed by atoms with van der Waals surface area (Å²) in [5.41, 5.74) is 9.25. The Kier molecular flexibility index (Phi) is 4.94. The van der Waals surface area contributed by atoms with Gasteiger partial charge in [-0.25, -0.2) is 0 Å². The number of benzene rings is 2. The van der Waals surface area contributed by atoms with Gasteiger partial charge >= 0.3 is 0 Å². The maximum atomic E-state index is 5.97. The van der Waals surface area contributed by atoms with Crippen molar-refractivity contribution >= 4 is 21.6 Å². The molecule has 0 fully saturated rings. The third kappa shape index (κ3) is 4.01. The van der Waals surface area contributed by atoms with Crippen LogP contribution in [0, 0.1) is 0 Å². The molecule has 0 saturated heterocycles. The van der Waals surface area contributed by atoms with Crippen molar-refractivity contribution in [2.75, 3.05) is 5.73 Å². The van der Waals surface area contributed by atoms with E-state index in [9.17, 15) is 0 Å². The fourth-order valence-electron chi connectivity index (χ4n) is 2.06. The molecule has 2 aromatic rings. The zero-order chi connectivity index (χ0) is 15.5. The lowest BCUT2D eigenvalue weighted by atomic mass is 9.82. The Bertz CT molecular complexity index is 605. The molecule has 0 atom stereocenters. The number of rotatable bonds is 5. The molecule has 3 heteroatoms. The van der Waals surface area contributed by atoms with Crippen LogP contribution in [0.4, 0.5) is 5.69 Å². The number of nitrogens with two attached hydrogens (primary N) is 1. The van der Waals surface area contributed by atoms with Crippen LogP contribution in [0.5, 0.6) is 5.75 Å². The SMILES string of the molecule is CCC(C)(C)c1ccc(OCc2ccc(Br)cc2N)cc1. The first-order chi connectivity index (χ1) is 9.92. The Hall–Kier alpha value is -1.48. The van der Waals surface area contributed by atoms with Crippen molar-refractivity contribution in [1.29, 1.82) is 0 Å². The maximum Gasteiger partial charge on any atom is 0.119 e. The van der Waals surface area contributed by atoms with Crippen molar-refractivity contribution in [3.63, 3.8) is 0 Å². The second-order valence-electron chi connectivity index (χ2n) is 5.89. The molecule has 0 bridgehead atoms. The predicted octanol–water partition coefficient (Wildman–Crippen LogP) is 5.30. The lowest BCUT2D eigenvalue weighted by molar-refractivity contribution is 0.306. The van der Waals surface area contributed by atoms with E-state index >= 15 is 0 Å². The summed E-state index contributed by atoms with van der Waals surface area (Å²) in [4.78, 5) is 0. The number of anilines is 1. The molecule has 0 saturated carbocycles. The lowest BCUT2D eigenvalue weighted by Crippen LogP contribution is -2.15. The highest BCUT2D eigenvalue weighted by Gasteiger charge is 2.17. The van der Waals surface area contributed by atoms with Gasteiger partial charge < -0.3 is 10.5 Å². The van der Waals surface area contributed by atoms with Crippen LogP contribution in [0.15, 0.2) is 46.9 Å². The largest absolute Gasteiger partial charge is 0.489 e. The minimum absolute atomic E-state index is 0.203. The Morgan fingerprint density at radius 2 is 1.76 bits per heavy atom. The van der Waals surface area contributed by atoms with E-state index in [4.69, 9.17) is 10.5 Å². The van der Waals surface area contributed by atoms with Gasteiger partial charge in [-0.1, -0.05) is 54.9 Å². The summed E-state index contributed by atoms with van der Waals surface area (Å²) in [6, 6.07) is 14.2. The summed E-state index contributed by atoms with van der Waals surface area (Å²) in [6.07, 6.45) is 1.11. The molecule has 0 aliphatic carbocycles. The van der Waals surface area contributed by atoms with E-state index in [1.807, 2.05) is 30.3 Å². The molecule has 0 aromatic heterocycles. The van der Waals surface area contributed by atoms with E-state index in [2.05, 4.69) is 48.8 Å². The van der Waals surface area contributed by atoms with E-state index in [-0.39, 0.29) is 5.41 Å². The van der Waals surface area contributed by atoms with Gasteiger partial charge in [-0.3, -0.25) is 0 Å². The van der Waals surface area contributed by atoms with E-state index in [0.717, 1.165) is 27.9 Å². The molecule has 0 heterocycles. The molecule has 0 radical (unpaired) electrons. The minimum Gasteiger partial charge on any atom is -0.489 e. The van der Waals surface area contributed by atoms with Gasteiger partial charge in [-0.05, 0) is 41.7 Å². The van der Waals surface area contributed by atoms with Crippen molar-refractivity contribution in [2.24, 2.45) is 0 Å². The minimum atomic E-state index is 0.203. The van der Waals surface area contributed by atoms with Crippen molar-refractivity contribution < 1.29 is 4.74 Å². The molecular weight excluding hydrogens is 326 g/mol. The first-order valence-electron chi connectivity index (χ1n) is 7.19. The standard InChI is InChI=1S/C18H22BrNO/c1-4-18(2,3)14-6-9-16(10-7-14)21-12-13-5-8-15(19)11-17(13)20/h5-11H,4,12,20H2,1-3H3. The first kappa shape index (κ1) is 15.9. The zero-order valence-corrected chi connectivity index (χ0v) is 14.4. The normalized spacial score (nSPS) is 11.4. The Labute approximate surface area is 135 Å². The van der Waals surface area contributed by atoms with Crippen LogP contribution in [0.2, 0.25) is 0 Å². The third-order valence-corrected chi connectivity index (χ3v) is 4.52.